The molecule has 0 radical (unpaired) electrons. The van der Waals surface area contributed by atoms with Crippen LogP contribution >= 0.6 is 0 Å². The van der Waals surface area contributed by atoms with Crippen LogP contribution in [0.1, 0.15) is 58.1 Å². The number of carbonyl (C=O) groups is 3. The molecule has 1 heterocycles. The first kappa shape index (κ1) is 45.7. The fourth-order valence-corrected chi connectivity index (χ4v) is 5.11. The van der Waals surface area contributed by atoms with E-state index >= 15 is 0 Å². The molecule has 0 saturated carbocycles. The van der Waals surface area contributed by atoms with Gasteiger partial charge in [-0.1, -0.05) is 87.9 Å². The molecule has 1 aromatic heterocycles. The van der Waals surface area contributed by atoms with Gasteiger partial charge < -0.3 is 33.5 Å². The molecule has 3 aromatic carbocycles. The van der Waals surface area contributed by atoms with Crippen molar-refractivity contribution < 1.29 is 53.2 Å². The lowest BCUT2D eigenvalue weighted by Crippen LogP contribution is -2.40. The summed E-state index contributed by atoms with van der Waals surface area (Å²) in [4.78, 5) is 66.1. The first-order chi connectivity index (χ1) is 27.9. The zero-order chi connectivity index (χ0) is 42.3. The van der Waals surface area contributed by atoms with Gasteiger partial charge in [-0.25, -0.2) is 4.79 Å². The summed E-state index contributed by atoms with van der Waals surface area (Å²) >= 11 is 0. The fourth-order valence-electron chi connectivity index (χ4n) is 5.11. The molecule has 4 aromatic rings. The van der Waals surface area contributed by atoms with E-state index < -0.39 is 16.3 Å². The molecule has 1 amide bonds. The van der Waals surface area contributed by atoms with Crippen molar-refractivity contribution in [2.75, 3.05) is 26.4 Å². The number of benzene rings is 3. The smallest absolute Gasteiger partial charge is 0.432 e. The molecular weight excluding hydrogens is 762 g/mol. The predicted molar refractivity (Wildman–Crippen MR) is 204 cm³/mol. The van der Waals surface area contributed by atoms with Crippen molar-refractivity contribution >= 4 is 18.5 Å². The summed E-state index contributed by atoms with van der Waals surface area (Å²) in [6.07, 6.45) is 1.46. The largest absolute Gasteiger partial charge is 0.510 e. The molecule has 4 rings (SSSR count). The van der Waals surface area contributed by atoms with Gasteiger partial charge in [-0.05, 0) is 58.9 Å². The first-order valence-electron chi connectivity index (χ1n) is 18.3. The van der Waals surface area contributed by atoms with E-state index in [-0.39, 0.29) is 58.2 Å². The molecule has 0 aliphatic carbocycles. The average Bonchev–Trinajstić information content (AvgIpc) is 3.69. The number of amides is 1. The van der Waals surface area contributed by atoms with Crippen LogP contribution in [-0.2, 0) is 53.4 Å². The monoisotopic (exact) mass is 809 g/mol. The summed E-state index contributed by atoms with van der Waals surface area (Å²) in [6, 6.07) is 22.2. The van der Waals surface area contributed by atoms with Crippen LogP contribution in [0.25, 0.3) is 22.5 Å². The van der Waals surface area contributed by atoms with Gasteiger partial charge in [0.2, 0.25) is 18.5 Å². The number of aromatic nitrogens is 4. The van der Waals surface area contributed by atoms with E-state index in [1.54, 1.807) is 18.2 Å². The highest BCUT2D eigenvalue weighted by Gasteiger charge is 2.22. The second kappa shape index (κ2) is 24.7. The Balaban J connectivity index is 0.000000541. The van der Waals surface area contributed by atoms with Gasteiger partial charge in [0.1, 0.15) is 25.6 Å². The van der Waals surface area contributed by atoms with Gasteiger partial charge >= 0.3 is 6.16 Å². The highest BCUT2D eigenvalue weighted by molar-refractivity contribution is 5.80. The molecule has 0 N–H and O–H groups in total. The van der Waals surface area contributed by atoms with Crippen molar-refractivity contribution in [3.05, 3.63) is 104 Å². The number of ether oxygens (including phenoxy) is 4. The molecule has 0 saturated heterocycles. The van der Waals surface area contributed by atoms with Gasteiger partial charge in [0.25, 0.3) is 16.6 Å². The quantitative estimate of drug-likeness (QED) is 0.0281. The third-order valence-corrected chi connectivity index (χ3v) is 8.35. The maximum atomic E-state index is 13.0. The number of carbonyl (C=O) groups excluding carboxylic acids is 3. The van der Waals surface area contributed by atoms with Crippen LogP contribution in [0.3, 0.4) is 0 Å². The first-order valence-corrected chi connectivity index (χ1v) is 18.3. The third kappa shape index (κ3) is 16.2. The van der Waals surface area contributed by atoms with E-state index in [1.165, 1.54) is 6.07 Å². The van der Waals surface area contributed by atoms with Crippen molar-refractivity contribution in [1.29, 1.82) is 0 Å². The fraction of sp³-hybridized carbons (Fsp3) is 0.421. The Kier molecular flexibility index (Phi) is 19.5. The summed E-state index contributed by atoms with van der Waals surface area (Å²) < 4.78 is 19.5. The summed E-state index contributed by atoms with van der Waals surface area (Å²) in [5.74, 6) is 1.20. The maximum absolute atomic E-state index is 13.0. The Hall–Kier alpha value is -6.70. The molecule has 20 nitrogen and oxygen atoms in total. The molecule has 0 fully saturated rings. The molecule has 58 heavy (non-hydrogen) atoms. The van der Waals surface area contributed by atoms with Crippen LogP contribution in [0.2, 0.25) is 0 Å². The van der Waals surface area contributed by atoms with Crippen molar-refractivity contribution in [3.63, 3.8) is 0 Å². The van der Waals surface area contributed by atoms with E-state index in [9.17, 15) is 34.6 Å². The lowest BCUT2D eigenvalue weighted by Gasteiger charge is -2.32. The Morgan fingerprint density at radius 2 is 1.57 bits per heavy atom. The number of hydrogen-bond acceptors (Lipinski definition) is 16. The molecule has 1 unspecified atom stereocenters. The molecule has 0 aliphatic rings. The van der Waals surface area contributed by atoms with Gasteiger partial charge in [-0.3, -0.25) is 9.59 Å². The van der Waals surface area contributed by atoms with Crippen molar-refractivity contribution in [2.45, 2.75) is 72.9 Å². The lowest BCUT2D eigenvalue weighted by molar-refractivity contribution is -0.763. The lowest BCUT2D eigenvalue weighted by atomic mass is 9.97. The zero-order valence-corrected chi connectivity index (χ0v) is 32.7. The van der Waals surface area contributed by atoms with Crippen LogP contribution in [0.5, 0.6) is 5.75 Å². The molecule has 312 valence electrons. The Bertz CT molecular complexity index is 1910. The molecule has 20 heteroatoms. The summed E-state index contributed by atoms with van der Waals surface area (Å²) in [5, 5.41) is 30.6. The minimum Gasteiger partial charge on any atom is -0.432 e. The SMILES string of the molecule is CCCCC(=O)N(Cc1ccc(-c2ccccc2-c2nnn(COC(=O)OCCOCCO[N+](=O)[O-])n2)cc1)C(C)C(C)C.O=COc1cccc(CO[N+](=O)[O-])c1. The van der Waals surface area contributed by atoms with Crippen LogP contribution in [-0.4, -0.2) is 86.3 Å². The van der Waals surface area contributed by atoms with Crippen LogP contribution in [0, 0.1) is 26.1 Å². The van der Waals surface area contributed by atoms with Gasteiger partial charge in [-0.2, -0.15) is 0 Å². The summed E-state index contributed by atoms with van der Waals surface area (Å²) in [5.41, 5.74) is 4.20. The van der Waals surface area contributed by atoms with E-state index in [1.807, 2.05) is 53.4 Å². The number of nitrogens with zero attached hydrogens (tertiary/aromatic N) is 7. The maximum Gasteiger partial charge on any atom is 0.510 e. The van der Waals surface area contributed by atoms with E-state index in [0.29, 0.717) is 36.0 Å². The topological polar surface area (TPSA) is 240 Å². The highest BCUT2D eigenvalue weighted by Crippen LogP contribution is 2.30. The number of rotatable bonds is 23. The van der Waals surface area contributed by atoms with Gasteiger partial charge in [0, 0.05) is 24.6 Å². The van der Waals surface area contributed by atoms with Crippen molar-refractivity contribution in [3.8, 4) is 28.3 Å². The van der Waals surface area contributed by atoms with E-state index in [0.717, 1.165) is 39.9 Å². The average molecular weight is 810 g/mol. The van der Waals surface area contributed by atoms with Crippen LogP contribution in [0.15, 0.2) is 72.8 Å². The standard InChI is InChI=1S/C30H40N6O8.C8H7NO5/c1-5-6-11-28(37)34(23(4)22(2)3)20-24-12-14-25(15-13-24)26-9-7-8-10-27(26)29-31-33-35(32-29)21-43-30(38)42-18-16-41-17-19-44-36(39)40;10-6-13-8-3-1-2-7(4-8)5-14-9(11)12/h7-10,12-15,22-23H,5-6,11,16-21H2,1-4H3;1-4,6H,5H2. The number of tetrazole rings is 1. The van der Waals surface area contributed by atoms with Gasteiger partial charge in [-0.15, -0.1) is 35.2 Å². The molecule has 1 atom stereocenters. The Morgan fingerprint density at radius 1 is 0.862 bits per heavy atom. The van der Waals surface area contributed by atoms with E-state index in [4.69, 9.17) is 14.2 Å². The van der Waals surface area contributed by atoms with Gasteiger partial charge in [0.15, 0.2) is 0 Å². The molecular formula is C38H47N7O13. The second-order valence-electron chi connectivity index (χ2n) is 12.7. The zero-order valence-electron chi connectivity index (χ0n) is 32.7. The highest BCUT2D eigenvalue weighted by atomic mass is 17.0. The molecule has 0 spiro atoms. The predicted octanol–water partition coefficient (Wildman–Crippen LogP) is 5.84. The summed E-state index contributed by atoms with van der Waals surface area (Å²) in [6.45, 7) is 8.49. The normalized spacial score (nSPS) is 11.1. The molecule has 0 bridgehead atoms. The second-order valence-corrected chi connectivity index (χ2v) is 12.7. The Labute approximate surface area is 334 Å². The minimum absolute atomic E-state index is 0.0199. The minimum atomic E-state index is -0.956. The molecule has 0 aliphatic heterocycles. The van der Waals surface area contributed by atoms with Crippen LogP contribution < -0.4 is 4.74 Å². The number of hydrogen-bond donors (Lipinski definition) is 0. The van der Waals surface area contributed by atoms with E-state index in [2.05, 4.69) is 57.5 Å². The number of unbranched alkanes of at least 4 members (excludes halogenated alkanes) is 1. The Morgan fingerprint density at radius 3 is 2.24 bits per heavy atom. The van der Waals surface area contributed by atoms with Crippen LogP contribution in [0.4, 0.5) is 4.79 Å². The van der Waals surface area contributed by atoms with Crippen molar-refractivity contribution in [2.24, 2.45) is 5.92 Å². The third-order valence-electron chi connectivity index (χ3n) is 8.35. The van der Waals surface area contributed by atoms with Crippen molar-refractivity contribution in [1.82, 2.24) is 25.1 Å². The van der Waals surface area contributed by atoms with Gasteiger partial charge in [0.05, 0.1) is 13.2 Å². The summed E-state index contributed by atoms with van der Waals surface area (Å²) in [7, 11) is 0.